The predicted molar refractivity (Wildman–Crippen MR) is 66.3 cm³/mol. The molecule has 0 aliphatic heterocycles. The molecule has 2 aromatic heterocycles. The number of hydrogen-bond acceptors (Lipinski definition) is 4. The van der Waals surface area contributed by atoms with Crippen molar-refractivity contribution in [2.24, 2.45) is 5.73 Å². The normalized spacial score (nSPS) is 14.7. The molecule has 0 aromatic carbocycles. The molecule has 1 saturated carbocycles. The van der Waals surface area contributed by atoms with Crippen molar-refractivity contribution in [3.05, 3.63) is 35.8 Å². The third-order valence-electron chi connectivity index (χ3n) is 3.03. The smallest absolute Gasteiger partial charge is 0.250 e. The summed E-state index contributed by atoms with van der Waals surface area (Å²) in [6.45, 7) is 0. The Morgan fingerprint density at radius 3 is 2.89 bits per heavy atom. The number of amides is 1. The minimum Gasteiger partial charge on any atom is -0.397 e. The highest BCUT2D eigenvalue weighted by molar-refractivity contribution is 5.98. The molecule has 3 rings (SSSR count). The number of rotatable bonds is 3. The summed E-state index contributed by atoms with van der Waals surface area (Å²) >= 11 is 0. The van der Waals surface area contributed by atoms with Gasteiger partial charge in [0.05, 0.1) is 23.1 Å². The molecule has 1 fully saturated rings. The van der Waals surface area contributed by atoms with E-state index in [9.17, 15) is 4.79 Å². The van der Waals surface area contributed by atoms with Crippen molar-refractivity contribution in [1.29, 1.82) is 0 Å². The van der Waals surface area contributed by atoms with Gasteiger partial charge >= 0.3 is 0 Å². The van der Waals surface area contributed by atoms with E-state index in [2.05, 4.69) is 10.1 Å². The average Bonchev–Trinajstić information content (AvgIpc) is 3.08. The van der Waals surface area contributed by atoms with Crippen LogP contribution in [-0.2, 0) is 0 Å². The Bertz CT molecular complexity index is 615. The molecule has 0 atom stereocenters. The molecule has 0 bridgehead atoms. The maximum absolute atomic E-state index is 11.2. The fourth-order valence-electron chi connectivity index (χ4n) is 1.86. The van der Waals surface area contributed by atoms with Crippen LogP contribution in [0.4, 0.5) is 5.69 Å². The van der Waals surface area contributed by atoms with Crippen molar-refractivity contribution in [1.82, 2.24) is 14.8 Å². The van der Waals surface area contributed by atoms with Crippen LogP contribution in [0, 0.1) is 0 Å². The van der Waals surface area contributed by atoms with Crippen LogP contribution in [0.3, 0.4) is 0 Å². The number of nitrogen functional groups attached to an aromatic ring is 1. The first kappa shape index (κ1) is 10.8. The third kappa shape index (κ3) is 1.81. The summed E-state index contributed by atoms with van der Waals surface area (Å²) in [5, 5.41) is 4.43. The molecular formula is C12H13N5O. The first-order valence-electron chi connectivity index (χ1n) is 5.76. The summed E-state index contributed by atoms with van der Waals surface area (Å²) in [6, 6.07) is 3.53. The second-order valence-electron chi connectivity index (χ2n) is 4.45. The molecule has 1 amide bonds. The van der Waals surface area contributed by atoms with Crippen molar-refractivity contribution >= 4 is 11.6 Å². The number of pyridine rings is 1. The number of anilines is 1. The van der Waals surface area contributed by atoms with Crippen LogP contribution in [0.1, 0.15) is 34.8 Å². The number of nitrogens with two attached hydrogens (primary N) is 2. The van der Waals surface area contributed by atoms with E-state index < -0.39 is 5.91 Å². The number of nitrogens with zero attached hydrogens (tertiary/aromatic N) is 3. The molecule has 18 heavy (non-hydrogen) atoms. The monoisotopic (exact) mass is 243 g/mol. The zero-order valence-corrected chi connectivity index (χ0v) is 9.71. The Morgan fingerprint density at radius 2 is 2.22 bits per heavy atom. The third-order valence-corrected chi connectivity index (χ3v) is 3.03. The molecule has 6 heteroatoms. The van der Waals surface area contributed by atoms with Gasteiger partial charge in [-0.3, -0.25) is 4.79 Å². The van der Waals surface area contributed by atoms with Crippen LogP contribution >= 0.6 is 0 Å². The van der Waals surface area contributed by atoms with Crippen LogP contribution in [0.15, 0.2) is 24.5 Å². The van der Waals surface area contributed by atoms with Crippen LogP contribution in [0.5, 0.6) is 0 Å². The van der Waals surface area contributed by atoms with Crippen LogP contribution in [0.25, 0.3) is 5.82 Å². The maximum Gasteiger partial charge on any atom is 0.250 e. The average molecular weight is 243 g/mol. The molecule has 0 unspecified atom stereocenters. The van der Waals surface area contributed by atoms with Gasteiger partial charge in [0, 0.05) is 12.1 Å². The summed E-state index contributed by atoms with van der Waals surface area (Å²) in [4.78, 5) is 15.4. The highest BCUT2D eigenvalue weighted by Gasteiger charge is 2.26. The van der Waals surface area contributed by atoms with Crippen LogP contribution < -0.4 is 11.5 Å². The Hall–Kier alpha value is -2.37. The zero-order chi connectivity index (χ0) is 12.7. The second kappa shape index (κ2) is 3.83. The Balaban J connectivity index is 1.99. The van der Waals surface area contributed by atoms with Crippen molar-refractivity contribution in [2.45, 2.75) is 18.8 Å². The van der Waals surface area contributed by atoms with Crippen molar-refractivity contribution < 1.29 is 4.79 Å². The SMILES string of the molecule is NC(=O)c1cc(-n2ccc(C3CC3)n2)ncc1N. The van der Waals surface area contributed by atoms with E-state index in [4.69, 9.17) is 11.5 Å². The van der Waals surface area contributed by atoms with E-state index in [0.717, 1.165) is 5.69 Å². The summed E-state index contributed by atoms with van der Waals surface area (Å²) in [7, 11) is 0. The first-order chi connectivity index (χ1) is 8.65. The van der Waals surface area contributed by atoms with E-state index in [1.165, 1.54) is 19.0 Å². The number of carbonyl (C=O) groups is 1. The topological polar surface area (TPSA) is 99.8 Å². The van der Waals surface area contributed by atoms with Gasteiger partial charge in [-0.2, -0.15) is 5.10 Å². The lowest BCUT2D eigenvalue weighted by molar-refractivity contribution is 0.100. The lowest BCUT2D eigenvalue weighted by Gasteiger charge is -2.04. The fourth-order valence-corrected chi connectivity index (χ4v) is 1.86. The minimum atomic E-state index is -0.564. The predicted octanol–water partition coefficient (Wildman–Crippen LogP) is 0.826. The van der Waals surface area contributed by atoms with Crippen molar-refractivity contribution in [3.63, 3.8) is 0 Å². The standard InChI is InChI=1S/C12H13N5O/c13-9-6-15-11(5-8(9)12(14)18)17-4-3-10(16-17)7-1-2-7/h3-7H,1-2,13H2,(H2,14,18). The summed E-state index contributed by atoms with van der Waals surface area (Å²) < 4.78 is 1.64. The van der Waals surface area contributed by atoms with Crippen LogP contribution in [0.2, 0.25) is 0 Å². The van der Waals surface area contributed by atoms with Gasteiger partial charge in [0.25, 0.3) is 5.91 Å². The van der Waals surface area contributed by atoms with Crippen LogP contribution in [-0.4, -0.2) is 20.7 Å². The first-order valence-corrected chi connectivity index (χ1v) is 5.76. The van der Waals surface area contributed by atoms with Gasteiger partial charge in [-0.05, 0) is 25.0 Å². The number of hydrogen-bond donors (Lipinski definition) is 2. The van der Waals surface area contributed by atoms with E-state index in [1.54, 1.807) is 10.7 Å². The number of carbonyl (C=O) groups excluding carboxylic acids is 1. The van der Waals surface area contributed by atoms with Gasteiger partial charge in [0.2, 0.25) is 0 Å². The van der Waals surface area contributed by atoms with Crippen molar-refractivity contribution in [2.75, 3.05) is 5.73 Å². The summed E-state index contributed by atoms with van der Waals surface area (Å²) in [6.07, 6.45) is 5.64. The van der Waals surface area contributed by atoms with E-state index in [1.807, 2.05) is 12.3 Å². The Morgan fingerprint density at radius 1 is 1.44 bits per heavy atom. The van der Waals surface area contributed by atoms with Gasteiger partial charge < -0.3 is 11.5 Å². The largest absolute Gasteiger partial charge is 0.397 e. The van der Waals surface area contributed by atoms with E-state index in [0.29, 0.717) is 11.7 Å². The maximum atomic E-state index is 11.2. The van der Waals surface area contributed by atoms with Gasteiger partial charge in [-0.15, -0.1) is 0 Å². The molecule has 0 saturated heterocycles. The molecule has 0 spiro atoms. The lowest BCUT2D eigenvalue weighted by atomic mass is 10.2. The van der Waals surface area contributed by atoms with Gasteiger partial charge in [0.15, 0.2) is 5.82 Å². The summed E-state index contributed by atoms with van der Waals surface area (Å²) in [5.41, 5.74) is 12.5. The highest BCUT2D eigenvalue weighted by Crippen LogP contribution is 2.38. The molecule has 0 radical (unpaired) electrons. The van der Waals surface area contributed by atoms with Gasteiger partial charge in [0.1, 0.15) is 0 Å². The van der Waals surface area contributed by atoms with E-state index >= 15 is 0 Å². The molecule has 1 aliphatic rings. The molecule has 92 valence electrons. The Labute approximate surface area is 104 Å². The fraction of sp³-hybridized carbons (Fsp3) is 0.250. The quantitative estimate of drug-likeness (QED) is 0.833. The summed E-state index contributed by atoms with van der Waals surface area (Å²) in [5.74, 6) is 0.561. The zero-order valence-electron chi connectivity index (χ0n) is 9.71. The molecule has 4 N–H and O–H groups in total. The second-order valence-corrected chi connectivity index (χ2v) is 4.45. The molecular weight excluding hydrogens is 230 g/mol. The highest BCUT2D eigenvalue weighted by atomic mass is 16.1. The number of primary amides is 1. The molecule has 6 nitrogen and oxygen atoms in total. The Kier molecular flexibility index (Phi) is 2.29. The minimum absolute atomic E-state index is 0.267. The van der Waals surface area contributed by atoms with Gasteiger partial charge in [-0.1, -0.05) is 0 Å². The number of aromatic nitrogens is 3. The van der Waals surface area contributed by atoms with E-state index in [-0.39, 0.29) is 11.3 Å². The molecule has 2 heterocycles. The molecule has 1 aliphatic carbocycles. The lowest BCUT2D eigenvalue weighted by Crippen LogP contribution is -2.15. The van der Waals surface area contributed by atoms with Gasteiger partial charge in [-0.25, -0.2) is 9.67 Å². The van der Waals surface area contributed by atoms with Crippen molar-refractivity contribution in [3.8, 4) is 5.82 Å². The molecule has 2 aromatic rings.